The Morgan fingerprint density at radius 1 is 1.14 bits per heavy atom. The van der Waals surface area contributed by atoms with Gasteiger partial charge in [-0.15, -0.1) is 0 Å². The predicted molar refractivity (Wildman–Crippen MR) is 139 cm³/mol. The summed E-state index contributed by atoms with van der Waals surface area (Å²) in [6.45, 7) is 2.03. The zero-order valence-corrected chi connectivity index (χ0v) is 21.2. The zero-order valence-electron chi connectivity index (χ0n) is 18.8. The van der Waals surface area contributed by atoms with Crippen molar-refractivity contribution in [1.82, 2.24) is 18.8 Å². The maximum Gasteiger partial charge on any atom is 0.263 e. The number of anilines is 1. The van der Waals surface area contributed by atoms with Crippen molar-refractivity contribution in [3.8, 4) is 0 Å². The maximum absolute atomic E-state index is 12.8. The molecule has 1 amide bonds. The zero-order chi connectivity index (χ0) is 24.4. The van der Waals surface area contributed by atoms with E-state index in [0.29, 0.717) is 37.0 Å². The number of sulfonamides is 1. The lowest BCUT2D eigenvalue weighted by Gasteiger charge is -2.32. The van der Waals surface area contributed by atoms with E-state index in [1.165, 1.54) is 6.33 Å². The molecular weight excluding hydrogens is 506 g/mol. The number of aryl methyl sites for hydroxylation is 1. The quantitative estimate of drug-likeness (QED) is 0.362. The van der Waals surface area contributed by atoms with Crippen LogP contribution in [-0.2, 0) is 21.4 Å². The van der Waals surface area contributed by atoms with Crippen LogP contribution < -0.4 is 4.72 Å². The van der Waals surface area contributed by atoms with Crippen LogP contribution in [-0.4, -0.2) is 46.2 Å². The van der Waals surface area contributed by atoms with Gasteiger partial charge < -0.3 is 9.47 Å². The Hall–Kier alpha value is -2.95. The third kappa shape index (κ3) is 5.34. The first-order valence-electron chi connectivity index (χ1n) is 11.3. The summed E-state index contributed by atoms with van der Waals surface area (Å²) in [5, 5.41) is 2.01. The van der Waals surface area contributed by atoms with Gasteiger partial charge in [-0.05, 0) is 60.7 Å². The molecular formula is C24H26ClN5O3S2. The first-order chi connectivity index (χ1) is 16.9. The number of nitrogens with zero attached hydrogens (tertiary/aromatic N) is 4. The van der Waals surface area contributed by atoms with Crippen LogP contribution in [0.5, 0.6) is 0 Å². The minimum atomic E-state index is -3.70. The number of carbonyl (C=O) groups is 1. The lowest BCUT2D eigenvalue weighted by Crippen LogP contribution is -2.38. The van der Waals surface area contributed by atoms with Crippen LogP contribution in [0.25, 0.3) is 10.9 Å². The van der Waals surface area contributed by atoms with Crippen molar-refractivity contribution in [3.05, 3.63) is 71.6 Å². The molecule has 1 aliphatic rings. The van der Waals surface area contributed by atoms with E-state index in [2.05, 4.69) is 18.6 Å². The van der Waals surface area contributed by atoms with E-state index >= 15 is 0 Å². The van der Waals surface area contributed by atoms with E-state index in [1.54, 1.807) is 12.1 Å². The molecule has 1 N–H and O–H groups in total. The molecule has 0 spiro atoms. The van der Waals surface area contributed by atoms with Crippen LogP contribution in [0.4, 0.5) is 5.13 Å². The van der Waals surface area contributed by atoms with Gasteiger partial charge in [0.25, 0.3) is 10.0 Å². The van der Waals surface area contributed by atoms with Crippen LogP contribution >= 0.6 is 23.1 Å². The molecule has 1 fully saturated rings. The number of aromatic nitrogens is 3. The SMILES string of the molecule is O=C(CCn1ccc2cc(Cl)ccc21)N1CCC(c2ccc(S(=O)(=O)Nc3ncns3)cc2)CC1.[HH]. The standard InChI is InChI=1S/C24H24ClN5O3S2.H2/c25-20-3-6-22-19(15-20)9-11-29(22)14-10-23(31)30-12-7-18(8-13-30)17-1-4-21(5-2-17)35(32,33)28-24-26-16-27-34-24;/h1-6,9,11,15-16,18H,7-8,10,12-14H2,(H,26,27,28);1H. The fourth-order valence-corrected chi connectivity index (χ4v) is 6.36. The van der Waals surface area contributed by atoms with E-state index in [1.807, 2.05) is 47.5 Å². The number of rotatable bonds is 7. The number of benzene rings is 2. The van der Waals surface area contributed by atoms with Crippen molar-refractivity contribution in [2.75, 3.05) is 17.8 Å². The molecule has 0 atom stereocenters. The molecule has 35 heavy (non-hydrogen) atoms. The second-order valence-corrected chi connectivity index (χ2v) is 11.4. The molecule has 5 rings (SSSR count). The molecule has 0 unspecified atom stereocenters. The summed E-state index contributed by atoms with van der Waals surface area (Å²) >= 11 is 7.05. The van der Waals surface area contributed by atoms with Gasteiger partial charge in [-0.25, -0.2) is 13.4 Å². The average molecular weight is 532 g/mol. The number of amides is 1. The third-order valence-corrected chi connectivity index (χ3v) is 8.69. The fourth-order valence-electron chi connectivity index (χ4n) is 4.51. The number of likely N-dealkylation sites (tertiary alicyclic amines) is 1. The van der Waals surface area contributed by atoms with E-state index < -0.39 is 10.0 Å². The van der Waals surface area contributed by atoms with Crippen LogP contribution in [0.1, 0.15) is 32.2 Å². The van der Waals surface area contributed by atoms with Crippen LogP contribution in [0.15, 0.2) is 66.0 Å². The van der Waals surface area contributed by atoms with Gasteiger partial charge in [-0.2, -0.15) is 4.37 Å². The minimum Gasteiger partial charge on any atom is -0.347 e. The summed E-state index contributed by atoms with van der Waals surface area (Å²) in [7, 11) is -3.70. The number of hydrogen-bond donors (Lipinski definition) is 1. The lowest BCUT2D eigenvalue weighted by atomic mass is 9.89. The normalized spacial score (nSPS) is 14.9. The molecule has 2 aromatic heterocycles. The monoisotopic (exact) mass is 531 g/mol. The van der Waals surface area contributed by atoms with E-state index in [9.17, 15) is 13.2 Å². The second kappa shape index (κ2) is 9.96. The average Bonchev–Trinajstić information content (AvgIpc) is 3.52. The molecule has 0 aliphatic carbocycles. The van der Waals surface area contributed by atoms with Crippen molar-refractivity contribution in [1.29, 1.82) is 0 Å². The topological polar surface area (TPSA) is 97.2 Å². The molecule has 4 aromatic rings. The third-order valence-electron chi connectivity index (χ3n) is 6.39. The van der Waals surface area contributed by atoms with E-state index in [-0.39, 0.29) is 17.4 Å². The Bertz CT molecular complexity index is 1430. The highest BCUT2D eigenvalue weighted by Crippen LogP contribution is 2.29. The van der Waals surface area contributed by atoms with Gasteiger partial charge in [-0.3, -0.25) is 9.52 Å². The largest absolute Gasteiger partial charge is 0.347 e. The molecule has 0 saturated carbocycles. The summed E-state index contributed by atoms with van der Waals surface area (Å²) in [5.74, 6) is 0.452. The highest BCUT2D eigenvalue weighted by molar-refractivity contribution is 7.93. The maximum atomic E-state index is 12.8. The first kappa shape index (κ1) is 23.8. The molecule has 2 aromatic carbocycles. The van der Waals surface area contributed by atoms with Crippen molar-refractivity contribution >= 4 is 55.1 Å². The highest BCUT2D eigenvalue weighted by Gasteiger charge is 2.24. The first-order valence-corrected chi connectivity index (χ1v) is 13.9. The Morgan fingerprint density at radius 2 is 1.91 bits per heavy atom. The Balaban J connectivity index is 0.00000304. The Morgan fingerprint density at radius 3 is 2.63 bits per heavy atom. The van der Waals surface area contributed by atoms with Crippen LogP contribution in [0.3, 0.4) is 0 Å². The van der Waals surface area contributed by atoms with Crippen LogP contribution in [0.2, 0.25) is 5.02 Å². The summed E-state index contributed by atoms with van der Waals surface area (Å²) in [4.78, 5) is 18.8. The van der Waals surface area contributed by atoms with Gasteiger partial charge in [0.15, 0.2) is 0 Å². The number of nitrogens with one attached hydrogen (secondary N) is 1. The number of piperidine rings is 1. The van der Waals surface area contributed by atoms with Crippen molar-refractivity contribution in [2.45, 2.75) is 36.6 Å². The Labute approximate surface area is 214 Å². The van der Waals surface area contributed by atoms with Crippen molar-refractivity contribution in [2.24, 2.45) is 0 Å². The molecule has 0 radical (unpaired) electrons. The molecule has 184 valence electrons. The van der Waals surface area contributed by atoms with Crippen molar-refractivity contribution in [3.63, 3.8) is 0 Å². The van der Waals surface area contributed by atoms with Gasteiger partial charge in [0.05, 0.1) is 4.90 Å². The smallest absolute Gasteiger partial charge is 0.263 e. The van der Waals surface area contributed by atoms with E-state index in [0.717, 1.165) is 40.8 Å². The van der Waals surface area contributed by atoms with E-state index in [4.69, 9.17) is 11.6 Å². The van der Waals surface area contributed by atoms with Gasteiger partial charge in [-0.1, -0.05) is 23.7 Å². The number of hydrogen-bond acceptors (Lipinski definition) is 6. The van der Waals surface area contributed by atoms with Gasteiger partial charge >= 0.3 is 0 Å². The molecule has 1 saturated heterocycles. The number of halogens is 1. The van der Waals surface area contributed by atoms with Gasteiger partial charge in [0.1, 0.15) is 6.33 Å². The number of carbonyl (C=O) groups excluding carboxylic acids is 1. The summed E-state index contributed by atoms with van der Waals surface area (Å²) in [6.07, 6.45) is 5.46. The predicted octanol–water partition coefficient (Wildman–Crippen LogP) is 4.99. The summed E-state index contributed by atoms with van der Waals surface area (Å²) in [5.41, 5.74) is 2.16. The fraction of sp³-hybridized carbons (Fsp3) is 0.292. The summed E-state index contributed by atoms with van der Waals surface area (Å²) in [6, 6.07) is 14.7. The highest BCUT2D eigenvalue weighted by atomic mass is 35.5. The number of fused-ring (bicyclic) bond motifs is 1. The summed E-state index contributed by atoms with van der Waals surface area (Å²) < 4.78 is 33.4. The molecule has 0 bridgehead atoms. The van der Waals surface area contributed by atoms with Gasteiger partial charge in [0.2, 0.25) is 11.0 Å². The molecule has 8 nitrogen and oxygen atoms in total. The molecule has 11 heteroatoms. The lowest BCUT2D eigenvalue weighted by molar-refractivity contribution is -0.132. The van der Waals surface area contributed by atoms with Gasteiger partial charge in [0, 0.05) is 61.1 Å². The second-order valence-electron chi connectivity index (χ2n) is 8.54. The van der Waals surface area contributed by atoms with Crippen molar-refractivity contribution < 1.29 is 14.6 Å². The van der Waals surface area contributed by atoms with Crippen LogP contribution in [0, 0.1) is 0 Å². The molecule has 3 heterocycles. The Kier molecular flexibility index (Phi) is 6.77. The minimum absolute atomic E-state index is 0. The molecule has 1 aliphatic heterocycles.